The number of benzene rings is 3. The van der Waals surface area contributed by atoms with E-state index >= 15 is 0 Å². The molecule has 4 N–H and O–H groups in total. The quantitative estimate of drug-likeness (QED) is 0.217. The molecule has 0 spiro atoms. The number of likely N-dealkylation sites (tertiary alicyclic amines) is 1. The molecule has 1 fully saturated rings. The number of carbonyl (C=O) groups is 2. The lowest BCUT2D eigenvalue weighted by molar-refractivity contribution is -0.384. The van der Waals surface area contributed by atoms with Crippen molar-refractivity contribution in [1.29, 1.82) is 0 Å². The van der Waals surface area contributed by atoms with Gasteiger partial charge in [-0.1, -0.05) is 30.3 Å². The molecule has 10 heteroatoms. The lowest BCUT2D eigenvalue weighted by Crippen LogP contribution is -2.45. The predicted molar refractivity (Wildman–Crippen MR) is 142 cm³/mol. The Balaban J connectivity index is 1.24. The van der Waals surface area contributed by atoms with Crippen LogP contribution in [0.2, 0.25) is 0 Å². The number of hydrogen-bond acceptors (Lipinski definition) is 7. The molecule has 37 heavy (non-hydrogen) atoms. The number of methoxy groups -OCH3 is 1. The van der Waals surface area contributed by atoms with Crippen LogP contribution in [-0.4, -0.2) is 61.0 Å². The Kier molecular flexibility index (Phi) is 8.19. The van der Waals surface area contributed by atoms with E-state index in [4.69, 9.17) is 10.5 Å². The molecule has 1 heterocycles. The Hall–Kier alpha value is -4.18. The predicted octanol–water partition coefficient (Wildman–Crippen LogP) is 3.55. The van der Waals surface area contributed by atoms with E-state index in [1.54, 1.807) is 0 Å². The molecule has 0 unspecified atom stereocenters. The molecule has 0 atom stereocenters. The van der Waals surface area contributed by atoms with E-state index in [0.29, 0.717) is 12.1 Å². The first kappa shape index (κ1) is 25.9. The lowest BCUT2D eigenvalue weighted by Gasteiger charge is -2.32. The van der Waals surface area contributed by atoms with Gasteiger partial charge in [-0.3, -0.25) is 19.7 Å². The molecular weight excluding hydrogens is 474 g/mol. The third kappa shape index (κ3) is 6.34. The monoisotopic (exact) mass is 505 g/mol. The third-order valence-electron chi connectivity index (χ3n) is 6.67. The standard InChI is InChI=1S/C27H31N5O5/c1-37-24-17-21(26(28)33)16-23(32(35)36)25(24)29-11-4-12-31-13-9-22(10-14-31)30-27(34)20-8-7-18-5-2-3-6-19(18)15-20/h2-3,5-8,15-17,22,29H,4,9-14H2,1H3,(H2,28,33)(H,30,34). The molecule has 3 aromatic rings. The fraction of sp³-hybridized carbons (Fsp3) is 0.333. The summed E-state index contributed by atoms with van der Waals surface area (Å²) >= 11 is 0. The van der Waals surface area contributed by atoms with E-state index in [2.05, 4.69) is 15.5 Å². The number of primary amides is 1. The van der Waals surface area contributed by atoms with Crippen LogP contribution in [0, 0.1) is 10.1 Å². The van der Waals surface area contributed by atoms with Crippen LogP contribution in [0.25, 0.3) is 10.8 Å². The summed E-state index contributed by atoms with van der Waals surface area (Å²) in [7, 11) is 1.39. The summed E-state index contributed by atoms with van der Waals surface area (Å²) in [6.07, 6.45) is 2.48. The van der Waals surface area contributed by atoms with Gasteiger partial charge in [0.2, 0.25) is 5.91 Å². The maximum absolute atomic E-state index is 12.8. The SMILES string of the molecule is COc1cc(C(N)=O)cc([N+](=O)[O-])c1NCCCN1CCC(NC(=O)c2ccc3ccccc3c2)CC1. The highest BCUT2D eigenvalue weighted by molar-refractivity contribution is 5.98. The molecule has 0 aliphatic carbocycles. The van der Waals surface area contributed by atoms with Crippen LogP contribution in [-0.2, 0) is 0 Å². The molecule has 1 aliphatic heterocycles. The Morgan fingerprint density at radius 2 is 1.81 bits per heavy atom. The number of piperidine rings is 1. The minimum Gasteiger partial charge on any atom is -0.494 e. The van der Waals surface area contributed by atoms with Crippen molar-refractivity contribution in [2.45, 2.75) is 25.3 Å². The minimum atomic E-state index is -0.759. The first-order valence-electron chi connectivity index (χ1n) is 12.3. The minimum absolute atomic E-state index is 0.0182. The lowest BCUT2D eigenvalue weighted by atomic mass is 10.0. The summed E-state index contributed by atoms with van der Waals surface area (Å²) in [6, 6.07) is 16.4. The zero-order chi connectivity index (χ0) is 26.4. The van der Waals surface area contributed by atoms with E-state index in [1.807, 2.05) is 42.5 Å². The van der Waals surface area contributed by atoms with Gasteiger partial charge in [-0.25, -0.2) is 0 Å². The van der Waals surface area contributed by atoms with E-state index in [9.17, 15) is 19.7 Å². The summed E-state index contributed by atoms with van der Waals surface area (Å²) in [6.45, 7) is 3.03. The molecular formula is C27H31N5O5. The molecule has 1 aliphatic rings. The smallest absolute Gasteiger partial charge is 0.296 e. The van der Waals surface area contributed by atoms with Crippen molar-refractivity contribution >= 4 is 34.0 Å². The van der Waals surface area contributed by atoms with Gasteiger partial charge in [-0.05, 0) is 54.8 Å². The molecule has 4 rings (SSSR count). The molecule has 2 amide bonds. The van der Waals surface area contributed by atoms with Crippen LogP contribution in [0.1, 0.15) is 40.0 Å². The zero-order valence-electron chi connectivity index (χ0n) is 20.7. The van der Waals surface area contributed by atoms with Crippen LogP contribution >= 0.6 is 0 Å². The van der Waals surface area contributed by atoms with Gasteiger partial charge in [-0.15, -0.1) is 0 Å². The van der Waals surface area contributed by atoms with Crippen molar-refractivity contribution in [3.63, 3.8) is 0 Å². The van der Waals surface area contributed by atoms with Crippen molar-refractivity contribution < 1.29 is 19.2 Å². The Morgan fingerprint density at radius 3 is 2.49 bits per heavy atom. The molecule has 0 aromatic heterocycles. The molecule has 1 saturated heterocycles. The number of anilines is 1. The van der Waals surface area contributed by atoms with Crippen LogP contribution in [0.15, 0.2) is 54.6 Å². The largest absolute Gasteiger partial charge is 0.494 e. The number of hydrogen-bond donors (Lipinski definition) is 3. The maximum Gasteiger partial charge on any atom is 0.296 e. The number of fused-ring (bicyclic) bond motifs is 1. The second kappa shape index (κ2) is 11.7. The van der Waals surface area contributed by atoms with Gasteiger partial charge in [0.05, 0.1) is 12.0 Å². The number of nitrogens with one attached hydrogen (secondary N) is 2. The van der Waals surface area contributed by atoms with Gasteiger partial charge in [-0.2, -0.15) is 0 Å². The second-order valence-electron chi connectivity index (χ2n) is 9.13. The number of rotatable bonds is 10. The molecule has 0 bridgehead atoms. The van der Waals surface area contributed by atoms with Gasteiger partial charge in [0.15, 0.2) is 5.69 Å². The fourth-order valence-electron chi connectivity index (χ4n) is 4.64. The average Bonchev–Trinajstić information content (AvgIpc) is 2.91. The highest BCUT2D eigenvalue weighted by Crippen LogP contribution is 2.35. The van der Waals surface area contributed by atoms with Crippen LogP contribution in [0.3, 0.4) is 0 Å². The number of ether oxygens (including phenoxy) is 1. The zero-order valence-corrected chi connectivity index (χ0v) is 20.7. The van der Waals surface area contributed by atoms with E-state index in [1.165, 1.54) is 13.2 Å². The topological polar surface area (TPSA) is 140 Å². The van der Waals surface area contributed by atoms with E-state index < -0.39 is 10.8 Å². The van der Waals surface area contributed by atoms with Crippen molar-refractivity contribution in [1.82, 2.24) is 10.2 Å². The Bertz CT molecular complexity index is 1300. The van der Waals surface area contributed by atoms with Crippen LogP contribution in [0.4, 0.5) is 11.4 Å². The summed E-state index contributed by atoms with van der Waals surface area (Å²) in [5.74, 6) is -0.609. The Labute approximate surface area is 214 Å². The third-order valence-corrected chi connectivity index (χ3v) is 6.67. The summed E-state index contributed by atoms with van der Waals surface area (Å²) in [4.78, 5) is 37.5. The average molecular weight is 506 g/mol. The Morgan fingerprint density at radius 1 is 1.08 bits per heavy atom. The highest BCUT2D eigenvalue weighted by Gasteiger charge is 2.23. The normalized spacial score (nSPS) is 14.3. The maximum atomic E-state index is 12.8. The van der Waals surface area contributed by atoms with Gasteiger partial charge in [0, 0.05) is 42.9 Å². The van der Waals surface area contributed by atoms with Gasteiger partial charge in [0.1, 0.15) is 5.75 Å². The first-order chi connectivity index (χ1) is 17.9. The fourth-order valence-corrected chi connectivity index (χ4v) is 4.64. The van der Waals surface area contributed by atoms with Crippen LogP contribution in [0.5, 0.6) is 5.75 Å². The first-order valence-corrected chi connectivity index (χ1v) is 12.3. The number of nitro groups is 1. The summed E-state index contributed by atoms with van der Waals surface area (Å²) in [5, 5.41) is 19.9. The molecule has 3 aromatic carbocycles. The van der Waals surface area contributed by atoms with Gasteiger partial charge >= 0.3 is 0 Å². The van der Waals surface area contributed by atoms with Gasteiger partial charge in [0.25, 0.3) is 11.6 Å². The van der Waals surface area contributed by atoms with Crippen molar-refractivity contribution in [3.05, 3.63) is 75.8 Å². The molecule has 194 valence electrons. The summed E-state index contributed by atoms with van der Waals surface area (Å²) < 4.78 is 5.25. The van der Waals surface area contributed by atoms with E-state index in [-0.39, 0.29) is 34.6 Å². The molecule has 0 radical (unpaired) electrons. The highest BCUT2D eigenvalue weighted by atomic mass is 16.6. The van der Waals surface area contributed by atoms with Crippen molar-refractivity contribution in [2.75, 3.05) is 38.6 Å². The number of nitrogens with two attached hydrogens (primary N) is 1. The van der Waals surface area contributed by atoms with Crippen molar-refractivity contribution in [2.24, 2.45) is 5.73 Å². The summed E-state index contributed by atoms with van der Waals surface area (Å²) in [5.41, 5.74) is 5.94. The number of nitrogens with zero attached hydrogens (tertiary/aromatic N) is 2. The number of carbonyl (C=O) groups excluding carboxylic acids is 2. The number of nitro benzene ring substituents is 1. The van der Waals surface area contributed by atoms with Gasteiger partial charge < -0.3 is 26.0 Å². The molecule has 10 nitrogen and oxygen atoms in total. The van der Waals surface area contributed by atoms with Crippen molar-refractivity contribution in [3.8, 4) is 5.75 Å². The molecule has 0 saturated carbocycles. The number of amides is 2. The second-order valence-corrected chi connectivity index (χ2v) is 9.13. The van der Waals surface area contributed by atoms with Crippen LogP contribution < -0.4 is 21.1 Å². The van der Waals surface area contributed by atoms with E-state index in [0.717, 1.165) is 55.7 Å².